The lowest BCUT2D eigenvalue weighted by atomic mass is 9.97. The van der Waals surface area contributed by atoms with E-state index in [1.807, 2.05) is 6.92 Å². The highest BCUT2D eigenvalue weighted by Crippen LogP contribution is 2.16. The van der Waals surface area contributed by atoms with Gasteiger partial charge in [-0.05, 0) is 18.8 Å². The molecule has 6 nitrogen and oxygen atoms in total. The fourth-order valence-corrected chi connectivity index (χ4v) is 1.86. The van der Waals surface area contributed by atoms with Gasteiger partial charge in [-0.25, -0.2) is 4.79 Å². The molecule has 2 atom stereocenters. The second-order valence-electron chi connectivity index (χ2n) is 4.51. The molecule has 2 unspecified atom stereocenters. The van der Waals surface area contributed by atoms with Crippen LogP contribution in [0.2, 0.25) is 0 Å². The van der Waals surface area contributed by atoms with Crippen LogP contribution < -0.4 is 5.32 Å². The number of hydrogen-bond acceptors (Lipinski definition) is 3. The Bertz CT molecular complexity index is 283. The maximum Gasteiger partial charge on any atom is 0.317 e. The van der Waals surface area contributed by atoms with Crippen LogP contribution >= 0.6 is 0 Å². The van der Waals surface area contributed by atoms with Crippen molar-refractivity contribution in [1.29, 1.82) is 0 Å². The summed E-state index contributed by atoms with van der Waals surface area (Å²) in [4.78, 5) is 23.6. The molecule has 17 heavy (non-hydrogen) atoms. The number of urea groups is 1. The Morgan fingerprint density at radius 2 is 2.18 bits per heavy atom. The highest BCUT2D eigenvalue weighted by Gasteiger charge is 2.26. The minimum Gasteiger partial charge on any atom is -0.481 e. The molecule has 1 heterocycles. The first kappa shape index (κ1) is 13.8. The van der Waals surface area contributed by atoms with E-state index in [1.165, 1.54) is 0 Å². The van der Waals surface area contributed by atoms with Gasteiger partial charge in [-0.1, -0.05) is 6.92 Å². The van der Waals surface area contributed by atoms with Crippen LogP contribution in [0.15, 0.2) is 0 Å². The van der Waals surface area contributed by atoms with Gasteiger partial charge in [-0.15, -0.1) is 0 Å². The fraction of sp³-hybridized carbons (Fsp3) is 0.818. The van der Waals surface area contributed by atoms with Crippen LogP contribution in [0.5, 0.6) is 0 Å². The van der Waals surface area contributed by atoms with Gasteiger partial charge in [0, 0.05) is 26.1 Å². The van der Waals surface area contributed by atoms with Crippen molar-refractivity contribution in [2.75, 3.05) is 19.6 Å². The quantitative estimate of drug-likeness (QED) is 0.619. The monoisotopic (exact) mass is 244 g/mol. The van der Waals surface area contributed by atoms with E-state index >= 15 is 0 Å². The van der Waals surface area contributed by atoms with Crippen LogP contribution in [0.4, 0.5) is 4.79 Å². The number of rotatable bonds is 4. The van der Waals surface area contributed by atoms with Crippen molar-refractivity contribution >= 4 is 12.0 Å². The molecule has 0 spiro atoms. The zero-order chi connectivity index (χ0) is 12.8. The third-order valence-corrected chi connectivity index (χ3v) is 2.99. The van der Waals surface area contributed by atoms with Gasteiger partial charge in [-0.3, -0.25) is 4.79 Å². The smallest absolute Gasteiger partial charge is 0.317 e. The van der Waals surface area contributed by atoms with E-state index in [9.17, 15) is 14.7 Å². The summed E-state index contributed by atoms with van der Waals surface area (Å²) in [6.07, 6.45) is 0.776. The van der Waals surface area contributed by atoms with Crippen molar-refractivity contribution in [1.82, 2.24) is 10.2 Å². The molecule has 1 saturated heterocycles. The summed E-state index contributed by atoms with van der Waals surface area (Å²) in [7, 11) is 0. The normalized spacial score (nSPS) is 24.5. The predicted octanol–water partition coefficient (Wildman–Crippen LogP) is 0.263. The molecule has 0 aromatic rings. The second kappa shape index (κ2) is 6.44. The van der Waals surface area contributed by atoms with Crippen LogP contribution in [0.3, 0.4) is 0 Å². The zero-order valence-corrected chi connectivity index (χ0v) is 10.1. The van der Waals surface area contributed by atoms with Crippen molar-refractivity contribution in [3.8, 4) is 0 Å². The lowest BCUT2D eigenvalue weighted by Gasteiger charge is -2.34. The third kappa shape index (κ3) is 4.60. The van der Waals surface area contributed by atoms with Crippen LogP contribution in [0.25, 0.3) is 0 Å². The Morgan fingerprint density at radius 1 is 1.47 bits per heavy atom. The maximum atomic E-state index is 11.7. The van der Waals surface area contributed by atoms with Gasteiger partial charge >= 0.3 is 12.0 Å². The molecule has 1 rings (SSSR count). The van der Waals surface area contributed by atoms with E-state index in [4.69, 9.17) is 5.11 Å². The van der Waals surface area contributed by atoms with Gasteiger partial charge in [0.2, 0.25) is 0 Å². The van der Waals surface area contributed by atoms with Crippen molar-refractivity contribution < 1.29 is 19.8 Å². The molecule has 0 aromatic heterocycles. The number of carbonyl (C=O) groups is 2. The number of piperidine rings is 1. The number of likely N-dealkylation sites (tertiary alicyclic amines) is 1. The second-order valence-corrected chi connectivity index (χ2v) is 4.51. The number of carboxylic acids is 1. The van der Waals surface area contributed by atoms with Crippen molar-refractivity contribution in [2.45, 2.75) is 32.3 Å². The van der Waals surface area contributed by atoms with Crippen molar-refractivity contribution in [3.63, 3.8) is 0 Å². The Kier molecular flexibility index (Phi) is 5.21. The molecule has 0 bridgehead atoms. The topological polar surface area (TPSA) is 89.9 Å². The van der Waals surface area contributed by atoms with Crippen LogP contribution in [0, 0.1) is 5.92 Å². The molecule has 1 aliphatic heterocycles. The summed E-state index contributed by atoms with van der Waals surface area (Å²) in [5.74, 6) is -0.762. The number of nitrogens with zero attached hydrogens (tertiary/aromatic N) is 1. The maximum absolute atomic E-state index is 11.7. The number of aliphatic hydroxyl groups excluding tert-OH is 1. The zero-order valence-electron chi connectivity index (χ0n) is 10.1. The molecule has 98 valence electrons. The van der Waals surface area contributed by atoms with E-state index in [0.717, 1.165) is 0 Å². The van der Waals surface area contributed by atoms with Gasteiger partial charge < -0.3 is 20.4 Å². The Morgan fingerprint density at radius 3 is 2.76 bits per heavy atom. The molecule has 0 aliphatic carbocycles. The first-order chi connectivity index (χ1) is 8.00. The molecule has 6 heteroatoms. The summed E-state index contributed by atoms with van der Waals surface area (Å²) in [6.45, 7) is 3.38. The third-order valence-electron chi connectivity index (χ3n) is 2.99. The van der Waals surface area contributed by atoms with E-state index in [-0.39, 0.29) is 24.5 Å². The van der Waals surface area contributed by atoms with E-state index in [0.29, 0.717) is 32.5 Å². The lowest BCUT2D eigenvalue weighted by Crippen LogP contribution is -2.49. The van der Waals surface area contributed by atoms with Gasteiger partial charge in [0.15, 0.2) is 0 Å². The highest BCUT2D eigenvalue weighted by molar-refractivity contribution is 5.74. The summed E-state index contributed by atoms with van der Waals surface area (Å²) in [5.41, 5.74) is 0. The average Bonchev–Trinajstić information content (AvgIpc) is 2.27. The predicted molar refractivity (Wildman–Crippen MR) is 61.6 cm³/mol. The average molecular weight is 244 g/mol. The van der Waals surface area contributed by atoms with E-state index in [1.54, 1.807) is 4.90 Å². The SMILES string of the molecule is CC1CN(C(=O)NCCCC(=O)O)CCC1O. The minimum absolute atomic E-state index is 0.0649. The molecule has 0 saturated carbocycles. The molecular weight excluding hydrogens is 224 g/mol. The molecule has 3 N–H and O–H groups in total. The number of carboxylic acid groups (broad SMARTS) is 1. The fourth-order valence-electron chi connectivity index (χ4n) is 1.86. The minimum atomic E-state index is -0.853. The summed E-state index contributed by atoms with van der Waals surface area (Å²) in [5, 5.41) is 20.7. The first-order valence-electron chi connectivity index (χ1n) is 5.93. The molecule has 1 fully saturated rings. The first-order valence-corrected chi connectivity index (χ1v) is 5.93. The largest absolute Gasteiger partial charge is 0.481 e. The lowest BCUT2D eigenvalue weighted by molar-refractivity contribution is -0.137. The van der Waals surface area contributed by atoms with Gasteiger partial charge in [0.25, 0.3) is 0 Å². The van der Waals surface area contributed by atoms with Crippen LogP contribution in [-0.2, 0) is 4.79 Å². The summed E-state index contributed by atoms with van der Waals surface area (Å²) in [6, 6.07) is -0.172. The van der Waals surface area contributed by atoms with E-state index in [2.05, 4.69) is 5.32 Å². The number of amides is 2. The number of hydrogen-bond donors (Lipinski definition) is 3. The highest BCUT2D eigenvalue weighted by atomic mass is 16.4. The standard InChI is InChI=1S/C11H20N2O4/c1-8-7-13(6-4-9(8)14)11(17)12-5-2-3-10(15)16/h8-9,14H,2-7H2,1H3,(H,12,17)(H,15,16). The summed E-state index contributed by atoms with van der Waals surface area (Å²) >= 11 is 0. The van der Waals surface area contributed by atoms with Crippen LogP contribution in [0.1, 0.15) is 26.2 Å². The Labute approximate surface area is 101 Å². The Hall–Kier alpha value is -1.30. The number of aliphatic hydroxyl groups is 1. The Balaban J connectivity index is 2.21. The molecule has 2 amide bonds. The molecule has 1 aliphatic rings. The number of carbonyl (C=O) groups excluding carboxylic acids is 1. The van der Waals surface area contributed by atoms with Gasteiger partial charge in [-0.2, -0.15) is 0 Å². The molecule has 0 aromatic carbocycles. The van der Waals surface area contributed by atoms with Crippen molar-refractivity contribution in [2.24, 2.45) is 5.92 Å². The summed E-state index contributed by atoms with van der Waals surface area (Å²) < 4.78 is 0. The number of aliphatic carboxylic acids is 1. The van der Waals surface area contributed by atoms with Gasteiger partial charge in [0.1, 0.15) is 0 Å². The van der Waals surface area contributed by atoms with Crippen molar-refractivity contribution in [3.05, 3.63) is 0 Å². The van der Waals surface area contributed by atoms with Crippen LogP contribution in [-0.4, -0.2) is 52.9 Å². The molecular formula is C11H20N2O4. The van der Waals surface area contributed by atoms with Gasteiger partial charge in [0.05, 0.1) is 6.10 Å². The van der Waals surface area contributed by atoms with E-state index < -0.39 is 5.97 Å². The number of nitrogens with one attached hydrogen (secondary N) is 1. The molecule has 0 radical (unpaired) electrons.